The molecule has 3 unspecified atom stereocenters. The predicted octanol–water partition coefficient (Wildman–Crippen LogP) is 16.8. The zero-order chi connectivity index (χ0) is 47.8. The number of phosphoric ester groups is 1. The highest BCUT2D eigenvalue weighted by molar-refractivity contribution is 7.47. The largest absolute Gasteiger partial charge is 0.472 e. The first-order valence-electron chi connectivity index (χ1n) is 28.2. The van der Waals surface area contributed by atoms with Crippen LogP contribution in [-0.4, -0.2) is 73.4 Å². The predicted molar refractivity (Wildman–Crippen MR) is 281 cm³/mol. The van der Waals surface area contributed by atoms with Gasteiger partial charge in [0.05, 0.1) is 39.9 Å². The zero-order valence-corrected chi connectivity index (χ0v) is 44.9. The molecule has 3 atom stereocenters. The molecule has 386 valence electrons. The van der Waals surface area contributed by atoms with Crippen molar-refractivity contribution in [3.63, 3.8) is 0 Å². The average molecular weight is 940 g/mol. The van der Waals surface area contributed by atoms with Crippen molar-refractivity contribution in [2.75, 3.05) is 40.9 Å². The van der Waals surface area contributed by atoms with Crippen molar-refractivity contribution in [2.45, 2.75) is 289 Å². The zero-order valence-electron chi connectivity index (χ0n) is 44.0. The summed E-state index contributed by atoms with van der Waals surface area (Å²) in [6.45, 7) is 4.81. The second-order valence-electron chi connectivity index (χ2n) is 20.7. The van der Waals surface area contributed by atoms with Gasteiger partial charge in [0.2, 0.25) is 5.91 Å². The van der Waals surface area contributed by atoms with E-state index in [0.717, 1.165) is 51.4 Å². The van der Waals surface area contributed by atoms with Crippen molar-refractivity contribution in [1.29, 1.82) is 0 Å². The Morgan fingerprint density at radius 2 is 0.831 bits per heavy atom. The molecule has 65 heavy (non-hydrogen) atoms. The third-order valence-corrected chi connectivity index (χ3v) is 13.9. The number of hydrogen-bond donors (Lipinski definition) is 3. The van der Waals surface area contributed by atoms with Crippen LogP contribution in [0.5, 0.6) is 0 Å². The highest BCUT2D eigenvalue weighted by Gasteiger charge is 2.27. The number of quaternary nitrogens is 1. The van der Waals surface area contributed by atoms with Gasteiger partial charge in [0.1, 0.15) is 13.2 Å². The molecular formula is C56H112N2O6P+. The molecule has 0 saturated carbocycles. The molecule has 0 rings (SSSR count). The van der Waals surface area contributed by atoms with Crippen LogP contribution in [-0.2, 0) is 18.4 Å². The summed E-state index contributed by atoms with van der Waals surface area (Å²) in [6, 6.07) is -0.848. The number of allylic oxidation sites excluding steroid dienone is 3. The number of nitrogens with zero attached hydrogens (tertiary/aromatic N) is 1. The molecule has 0 spiro atoms. The van der Waals surface area contributed by atoms with Crippen molar-refractivity contribution in [3.05, 3.63) is 24.3 Å². The van der Waals surface area contributed by atoms with Gasteiger partial charge in [-0.15, -0.1) is 0 Å². The Labute approximate surface area is 404 Å². The molecule has 3 N–H and O–H groups in total. The summed E-state index contributed by atoms with van der Waals surface area (Å²) in [5.41, 5.74) is 0. The van der Waals surface area contributed by atoms with Gasteiger partial charge in [0.25, 0.3) is 0 Å². The number of aliphatic hydroxyl groups excluding tert-OH is 1. The van der Waals surface area contributed by atoms with E-state index in [0.29, 0.717) is 17.4 Å². The van der Waals surface area contributed by atoms with Crippen LogP contribution in [0.25, 0.3) is 0 Å². The summed E-state index contributed by atoms with van der Waals surface area (Å²) in [5, 5.41) is 13.9. The molecule has 0 heterocycles. The minimum Gasteiger partial charge on any atom is -0.387 e. The van der Waals surface area contributed by atoms with Crippen LogP contribution in [0.2, 0.25) is 0 Å². The fourth-order valence-electron chi connectivity index (χ4n) is 8.45. The van der Waals surface area contributed by atoms with E-state index >= 15 is 0 Å². The number of amides is 1. The van der Waals surface area contributed by atoms with Gasteiger partial charge in [-0.3, -0.25) is 13.8 Å². The lowest BCUT2D eigenvalue weighted by molar-refractivity contribution is -0.870. The van der Waals surface area contributed by atoms with E-state index in [-0.39, 0.29) is 19.1 Å². The summed E-state index contributed by atoms with van der Waals surface area (Å²) in [5.74, 6) is -0.185. The second kappa shape index (κ2) is 48.0. The lowest BCUT2D eigenvalue weighted by atomic mass is 10.0. The molecule has 0 aromatic heterocycles. The number of carbonyl (C=O) groups excluding carboxylic acids is 1. The van der Waals surface area contributed by atoms with Crippen LogP contribution in [0.4, 0.5) is 0 Å². The Bertz CT molecular complexity index is 1110. The third-order valence-electron chi connectivity index (χ3n) is 12.9. The van der Waals surface area contributed by atoms with Gasteiger partial charge in [-0.2, -0.15) is 0 Å². The number of rotatable bonds is 52. The molecule has 0 bridgehead atoms. The number of carbonyl (C=O) groups is 1. The topological polar surface area (TPSA) is 105 Å². The molecular weight excluding hydrogens is 828 g/mol. The van der Waals surface area contributed by atoms with Crippen molar-refractivity contribution in [1.82, 2.24) is 5.32 Å². The Morgan fingerprint density at radius 1 is 0.508 bits per heavy atom. The summed E-state index contributed by atoms with van der Waals surface area (Å²) in [6.07, 6.45) is 60.1. The monoisotopic (exact) mass is 940 g/mol. The minimum absolute atomic E-state index is 0.0612. The Morgan fingerprint density at radius 3 is 1.22 bits per heavy atom. The number of likely N-dealkylation sites (N-methyl/N-ethyl adjacent to an activating group) is 1. The van der Waals surface area contributed by atoms with Crippen molar-refractivity contribution >= 4 is 13.7 Å². The van der Waals surface area contributed by atoms with Gasteiger partial charge in [-0.05, 0) is 44.9 Å². The number of aliphatic hydroxyl groups is 1. The lowest BCUT2D eigenvalue weighted by Crippen LogP contribution is -2.45. The van der Waals surface area contributed by atoms with E-state index in [4.69, 9.17) is 9.05 Å². The molecule has 0 fully saturated rings. The van der Waals surface area contributed by atoms with Crippen LogP contribution in [0.1, 0.15) is 277 Å². The van der Waals surface area contributed by atoms with Crippen LogP contribution in [0.15, 0.2) is 24.3 Å². The minimum atomic E-state index is -4.34. The number of hydrogen-bond acceptors (Lipinski definition) is 5. The van der Waals surface area contributed by atoms with Gasteiger partial charge in [0.15, 0.2) is 0 Å². The molecule has 8 nitrogen and oxygen atoms in total. The lowest BCUT2D eigenvalue weighted by Gasteiger charge is -2.25. The highest BCUT2D eigenvalue weighted by Crippen LogP contribution is 2.43. The van der Waals surface area contributed by atoms with Crippen LogP contribution in [0, 0.1) is 0 Å². The quantitative estimate of drug-likeness (QED) is 0.0243. The summed E-state index contributed by atoms with van der Waals surface area (Å²) >= 11 is 0. The van der Waals surface area contributed by atoms with Crippen molar-refractivity contribution < 1.29 is 32.9 Å². The van der Waals surface area contributed by atoms with E-state index in [1.54, 1.807) is 6.08 Å². The number of nitrogens with one attached hydrogen (secondary N) is 1. The average Bonchev–Trinajstić information content (AvgIpc) is 3.26. The molecule has 0 saturated heterocycles. The van der Waals surface area contributed by atoms with Gasteiger partial charge in [-0.25, -0.2) is 4.57 Å². The molecule has 0 aliphatic rings. The van der Waals surface area contributed by atoms with Crippen LogP contribution in [0.3, 0.4) is 0 Å². The van der Waals surface area contributed by atoms with Crippen molar-refractivity contribution in [3.8, 4) is 0 Å². The molecule has 0 aromatic carbocycles. The maximum Gasteiger partial charge on any atom is 0.472 e. The normalized spacial score (nSPS) is 14.1. The van der Waals surface area contributed by atoms with Gasteiger partial charge >= 0.3 is 7.82 Å². The Hall–Kier alpha value is -1.02. The first-order chi connectivity index (χ1) is 31.5. The standard InChI is InChI=1S/C56H111N2O6P/c1-6-8-10-12-14-16-18-20-21-22-23-24-25-26-27-28-29-30-31-32-33-34-35-36-37-38-39-41-43-45-47-49-55(59)54(53-64-65(61,62)63-52-51-58(3,4)5)57-56(60)50-48-46-44-42-40-19-17-15-13-11-9-7-2/h15,17,47,49,54-55,59H,6-14,16,18-46,48,50-53H2,1-5H3,(H-,57,60,61,62)/p+1/b17-15-,49-47+. The molecule has 0 aliphatic carbocycles. The van der Waals surface area contributed by atoms with Crippen LogP contribution >= 0.6 is 7.82 Å². The van der Waals surface area contributed by atoms with E-state index in [2.05, 4.69) is 31.3 Å². The SMILES string of the molecule is CCCCC/C=C\CCCCCCCC(=O)NC(COP(=O)(O)OCC[N+](C)(C)C)C(O)/C=C/CCCCCCCCCCCCCCCCCCCCCCCCCCCCCCC. The summed E-state index contributed by atoms with van der Waals surface area (Å²) in [7, 11) is 1.57. The Balaban J connectivity index is 4.05. The van der Waals surface area contributed by atoms with E-state index in [1.807, 2.05) is 27.2 Å². The van der Waals surface area contributed by atoms with Crippen molar-refractivity contribution in [2.24, 2.45) is 0 Å². The summed E-state index contributed by atoms with van der Waals surface area (Å²) in [4.78, 5) is 23.2. The molecule has 0 aliphatic heterocycles. The van der Waals surface area contributed by atoms with Crippen LogP contribution < -0.4 is 5.32 Å². The molecule has 0 radical (unpaired) electrons. The van der Waals surface area contributed by atoms with E-state index in [1.165, 1.54) is 205 Å². The third kappa shape index (κ3) is 50.7. The number of phosphoric acid groups is 1. The highest BCUT2D eigenvalue weighted by atomic mass is 31.2. The molecule has 1 amide bonds. The Kier molecular flexibility index (Phi) is 47.3. The smallest absolute Gasteiger partial charge is 0.387 e. The molecule has 0 aromatic rings. The summed E-state index contributed by atoms with van der Waals surface area (Å²) < 4.78 is 23.6. The van der Waals surface area contributed by atoms with Gasteiger partial charge in [-0.1, -0.05) is 250 Å². The first kappa shape index (κ1) is 64.0. The first-order valence-corrected chi connectivity index (χ1v) is 29.7. The maximum absolute atomic E-state index is 12.9. The van der Waals surface area contributed by atoms with Gasteiger partial charge in [0, 0.05) is 6.42 Å². The van der Waals surface area contributed by atoms with E-state index in [9.17, 15) is 19.4 Å². The second-order valence-corrected chi connectivity index (χ2v) is 22.1. The fourth-order valence-corrected chi connectivity index (χ4v) is 9.19. The van der Waals surface area contributed by atoms with E-state index < -0.39 is 20.0 Å². The molecule has 9 heteroatoms. The fraction of sp³-hybridized carbons (Fsp3) is 0.911. The maximum atomic E-state index is 12.9. The number of unbranched alkanes of at least 4 members (excludes halogenated alkanes) is 37. The van der Waals surface area contributed by atoms with Gasteiger partial charge < -0.3 is 19.8 Å².